The maximum atomic E-state index is 11.5. The van der Waals surface area contributed by atoms with Crippen LogP contribution in [0.15, 0.2) is 54.6 Å². The highest BCUT2D eigenvalue weighted by atomic mass is 35.5. The van der Waals surface area contributed by atoms with Crippen LogP contribution in [0.25, 0.3) is 0 Å². The highest BCUT2D eigenvalue weighted by molar-refractivity contribution is 6.42. The van der Waals surface area contributed by atoms with Gasteiger partial charge < -0.3 is 5.11 Å². The minimum absolute atomic E-state index is 0.0411. The van der Waals surface area contributed by atoms with E-state index in [0.29, 0.717) is 28.7 Å². The zero-order valence-corrected chi connectivity index (χ0v) is 13.8. The van der Waals surface area contributed by atoms with Gasteiger partial charge in [-0.25, -0.2) is 4.90 Å². The molecule has 2 aromatic rings. The van der Waals surface area contributed by atoms with Crippen LogP contribution in [0.4, 0.5) is 0 Å². The Kier molecular flexibility index (Phi) is 3.71. The van der Waals surface area contributed by atoms with Crippen molar-refractivity contribution < 1.29 is 5.11 Å². The van der Waals surface area contributed by atoms with E-state index in [0.717, 1.165) is 0 Å². The molecule has 3 nitrogen and oxygen atoms in total. The molecular formula is C18H16Cl2N2O. The summed E-state index contributed by atoms with van der Waals surface area (Å²) in [4.78, 5) is 2.04. The third-order valence-electron chi connectivity index (χ3n) is 4.56. The normalized spacial score (nSPS) is 26.7. The Labute approximate surface area is 145 Å². The highest BCUT2D eigenvalue weighted by Gasteiger charge is 2.44. The Morgan fingerprint density at radius 2 is 1.96 bits per heavy atom. The van der Waals surface area contributed by atoms with E-state index in [1.807, 2.05) is 35.3 Å². The van der Waals surface area contributed by atoms with Crippen molar-refractivity contribution in [2.45, 2.75) is 18.4 Å². The van der Waals surface area contributed by atoms with Crippen LogP contribution in [0.5, 0.6) is 0 Å². The molecule has 0 radical (unpaired) electrons. The molecule has 2 aromatic carbocycles. The number of benzene rings is 2. The van der Waals surface area contributed by atoms with Crippen LogP contribution in [0, 0.1) is 0 Å². The number of hydrogen-bond acceptors (Lipinski definition) is 3. The van der Waals surface area contributed by atoms with Gasteiger partial charge in [0.2, 0.25) is 0 Å². The van der Waals surface area contributed by atoms with E-state index in [2.05, 4.69) is 17.4 Å². The van der Waals surface area contributed by atoms with Gasteiger partial charge in [-0.05, 0) is 29.3 Å². The molecule has 2 aliphatic rings. The maximum absolute atomic E-state index is 11.5. The van der Waals surface area contributed by atoms with Crippen molar-refractivity contribution >= 4 is 23.2 Å². The lowest BCUT2D eigenvalue weighted by molar-refractivity contribution is -0.100. The molecule has 2 atom stereocenters. The number of halogens is 2. The number of nitrogens with zero attached hydrogens (tertiary/aromatic N) is 1. The molecule has 0 saturated carbocycles. The minimum atomic E-state index is -1.23. The molecule has 0 aromatic heterocycles. The molecule has 23 heavy (non-hydrogen) atoms. The fraction of sp³-hybridized carbons (Fsp3) is 0.222. The number of rotatable bonds is 1. The number of nitrogens with one attached hydrogen (secondary N) is 1. The fourth-order valence-corrected chi connectivity index (χ4v) is 3.71. The van der Waals surface area contributed by atoms with Gasteiger partial charge in [0.25, 0.3) is 0 Å². The largest absolute Gasteiger partial charge is 0.368 e. The van der Waals surface area contributed by atoms with Crippen molar-refractivity contribution in [3.63, 3.8) is 0 Å². The summed E-state index contributed by atoms with van der Waals surface area (Å²) in [6.07, 6.45) is 3.73. The summed E-state index contributed by atoms with van der Waals surface area (Å²) in [5.41, 5.74) is 1.90. The Bertz CT molecular complexity index is 792. The SMILES string of the molecule is OC1(c2ccc(Cl)c(Cl)c2)C=CCNC2c3ccccc3CN21. The van der Waals surface area contributed by atoms with E-state index in [-0.39, 0.29) is 6.17 Å². The Hall–Kier alpha value is -1.36. The van der Waals surface area contributed by atoms with Crippen LogP contribution in [0.2, 0.25) is 10.0 Å². The topological polar surface area (TPSA) is 35.5 Å². The summed E-state index contributed by atoms with van der Waals surface area (Å²) in [5.74, 6) is 0. The van der Waals surface area contributed by atoms with E-state index in [1.165, 1.54) is 11.1 Å². The second-order valence-electron chi connectivity index (χ2n) is 5.89. The van der Waals surface area contributed by atoms with E-state index in [4.69, 9.17) is 23.2 Å². The summed E-state index contributed by atoms with van der Waals surface area (Å²) in [6.45, 7) is 1.36. The lowest BCUT2D eigenvalue weighted by atomic mass is 10.00. The molecule has 2 heterocycles. The molecule has 2 unspecified atom stereocenters. The first-order valence-electron chi connectivity index (χ1n) is 7.53. The molecule has 0 bridgehead atoms. The zero-order chi connectivity index (χ0) is 16.0. The Balaban J connectivity index is 1.82. The van der Waals surface area contributed by atoms with Gasteiger partial charge in [-0.2, -0.15) is 0 Å². The summed E-state index contributed by atoms with van der Waals surface area (Å²) < 4.78 is 0. The van der Waals surface area contributed by atoms with Crippen molar-refractivity contribution in [1.82, 2.24) is 10.2 Å². The highest BCUT2D eigenvalue weighted by Crippen LogP contribution is 2.43. The van der Waals surface area contributed by atoms with Crippen LogP contribution in [-0.4, -0.2) is 16.6 Å². The molecule has 2 aliphatic heterocycles. The fourth-order valence-electron chi connectivity index (χ4n) is 3.41. The Morgan fingerprint density at radius 3 is 2.78 bits per heavy atom. The van der Waals surface area contributed by atoms with Gasteiger partial charge in [0, 0.05) is 18.7 Å². The molecule has 4 rings (SSSR count). The molecule has 118 valence electrons. The first-order valence-corrected chi connectivity index (χ1v) is 8.29. The van der Waals surface area contributed by atoms with Gasteiger partial charge in [0.1, 0.15) is 0 Å². The minimum Gasteiger partial charge on any atom is -0.368 e. The van der Waals surface area contributed by atoms with Gasteiger partial charge in [0.05, 0.1) is 16.2 Å². The summed E-state index contributed by atoms with van der Waals surface area (Å²) in [7, 11) is 0. The lowest BCUT2D eigenvalue weighted by Gasteiger charge is -2.38. The van der Waals surface area contributed by atoms with Crippen LogP contribution >= 0.6 is 23.2 Å². The number of fused-ring (bicyclic) bond motifs is 3. The van der Waals surface area contributed by atoms with Gasteiger partial charge >= 0.3 is 0 Å². The van der Waals surface area contributed by atoms with E-state index >= 15 is 0 Å². The lowest BCUT2D eigenvalue weighted by Crippen LogP contribution is -2.46. The summed E-state index contributed by atoms with van der Waals surface area (Å²) >= 11 is 12.2. The average molecular weight is 347 g/mol. The smallest absolute Gasteiger partial charge is 0.165 e. The van der Waals surface area contributed by atoms with Gasteiger partial charge in [-0.1, -0.05) is 59.6 Å². The van der Waals surface area contributed by atoms with Crippen molar-refractivity contribution in [2.75, 3.05) is 6.54 Å². The molecule has 5 heteroatoms. The Morgan fingerprint density at radius 1 is 1.13 bits per heavy atom. The summed E-state index contributed by atoms with van der Waals surface area (Å²) in [6, 6.07) is 13.5. The van der Waals surface area contributed by atoms with Crippen molar-refractivity contribution in [3.05, 3.63) is 81.4 Å². The predicted molar refractivity (Wildman–Crippen MR) is 92.2 cm³/mol. The molecule has 0 saturated heterocycles. The van der Waals surface area contributed by atoms with E-state index in [1.54, 1.807) is 12.1 Å². The average Bonchev–Trinajstić information content (AvgIpc) is 2.85. The molecule has 0 spiro atoms. The third-order valence-corrected chi connectivity index (χ3v) is 5.30. The third kappa shape index (κ3) is 2.40. The first-order chi connectivity index (χ1) is 11.1. The quantitative estimate of drug-likeness (QED) is 0.770. The second-order valence-corrected chi connectivity index (χ2v) is 6.71. The second kappa shape index (κ2) is 5.62. The summed E-state index contributed by atoms with van der Waals surface area (Å²) in [5, 5.41) is 15.9. The van der Waals surface area contributed by atoms with Crippen LogP contribution < -0.4 is 5.32 Å². The maximum Gasteiger partial charge on any atom is 0.165 e. The van der Waals surface area contributed by atoms with E-state index in [9.17, 15) is 5.11 Å². The molecular weight excluding hydrogens is 331 g/mol. The number of aliphatic hydroxyl groups is 1. The first kappa shape index (κ1) is 15.2. The predicted octanol–water partition coefficient (Wildman–Crippen LogP) is 3.81. The number of hydrogen-bond donors (Lipinski definition) is 2. The van der Waals surface area contributed by atoms with Gasteiger partial charge in [-0.3, -0.25) is 5.32 Å². The monoisotopic (exact) mass is 346 g/mol. The molecule has 0 fully saturated rings. The van der Waals surface area contributed by atoms with Crippen molar-refractivity contribution in [1.29, 1.82) is 0 Å². The molecule has 0 aliphatic carbocycles. The molecule has 2 N–H and O–H groups in total. The molecule has 0 amide bonds. The van der Waals surface area contributed by atoms with Gasteiger partial charge in [0.15, 0.2) is 5.72 Å². The zero-order valence-electron chi connectivity index (χ0n) is 12.3. The van der Waals surface area contributed by atoms with Crippen LogP contribution in [-0.2, 0) is 12.3 Å². The van der Waals surface area contributed by atoms with E-state index < -0.39 is 5.72 Å². The van der Waals surface area contributed by atoms with Crippen molar-refractivity contribution in [2.24, 2.45) is 0 Å². The van der Waals surface area contributed by atoms with Crippen molar-refractivity contribution in [3.8, 4) is 0 Å². The van der Waals surface area contributed by atoms with Crippen LogP contribution in [0.1, 0.15) is 22.9 Å². The van der Waals surface area contributed by atoms with Crippen LogP contribution in [0.3, 0.4) is 0 Å². The standard InChI is InChI=1S/C18H16Cl2N2O/c19-15-7-6-13(10-16(15)20)18(23)8-3-9-21-17-14-5-2-1-4-12(14)11-22(17)18/h1-8,10,17,21,23H,9,11H2. The van der Waals surface area contributed by atoms with Gasteiger partial charge in [-0.15, -0.1) is 0 Å².